The minimum Gasteiger partial charge on any atom is -0.458 e. The SMILES string of the molecule is C=CCOC(=O)C1=C(C)N(C)C(C)=C(C(=O)OCC=C)C1c1cccnc1. The van der Waals surface area contributed by atoms with Crippen LogP contribution >= 0.6 is 0 Å². The van der Waals surface area contributed by atoms with Gasteiger partial charge in [-0.2, -0.15) is 0 Å². The molecule has 0 bridgehead atoms. The summed E-state index contributed by atoms with van der Waals surface area (Å²) in [6.07, 6.45) is 6.27. The van der Waals surface area contributed by atoms with Gasteiger partial charge >= 0.3 is 11.9 Å². The summed E-state index contributed by atoms with van der Waals surface area (Å²) < 4.78 is 10.6. The van der Waals surface area contributed by atoms with E-state index in [-0.39, 0.29) is 13.2 Å². The van der Waals surface area contributed by atoms with Gasteiger partial charge in [-0.25, -0.2) is 9.59 Å². The molecule has 2 rings (SSSR count). The van der Waals surface area contributed by atoms with Gasteiger partial charge in [0.25, 0.3) is 0 Å². The molecule has 0 fully saturated rings. The van der Waals surface area contributed by atoms with E-state index < -0.39 is 17.9 Å². The minimum absolute atomic E-state index is 0.0814. The molecule has 2 heterocycles. The molecule has 1 aromatic rings. The molecule has 6 nitrogen and oxygen atoms in total. The van der Waals surface area contributed by atoms with Crippen LogP contribution in [0.4, 0.5) is 0 Å². The first-order chi connectivity index (χ1) is 12.9. The number of carbonyl (C=O) groups excluding carboxylic acids is 2. The maximum atomic E-state index is 12.8. The smallest absolute Gasteiger partial charge is 0.337 e. The minimum atomic E-state index is -0.635. The van der Waals surface area contributed by atoms with Gasteiger partial charge in [0.05, 0.1) is 17.1 Å². The van der Waals surface area contributed by atoms with Crippen molar-refractivity contribution in [3.63, 3.8) is 0 Å². The van der Waals surface area contributed by atoms with Gasteiger partial charge in [-0.3, -0.25) is 4.98 Å². The highest BCUT2D eigenvalue weighted by Gasteiger charge is 2.39. The van der Waals surface area contributed by atoms with Crippen LogP contribution < -0.4 is 0 Å². The number of rotatable bonds is 7. The predicted octanol–water partition coefficient (Wildman–Crippen LogP) is 3.12. The molecule has 27 heavy (non-hydrogen) atoms. The van der Waals surface area contributed by atoms with Gasteiger partial charge in [0.1, 0.15) is 13.2 Å². The van der Waals surface area contributed by atoms with E-state index in [2.05, 4.69) is 18.1 Å². The molecule has 6 heteroatoms. The molecular weight excluding hydrogens is 344 g/mol. The van der Waals surface area contributed by atoms with Crippen LogP contribution in [0, 0.1) is 0 Å². The van der Waals surface area contributed by atoms with Crippen molar-refractivity contribution in [2.45, 2.75) is 19.8 Å². The van der Waals surface area contributed by atoms with Crippen molar-refractivity contribution in [1.29, 1.82) is 0 Å². The van der Waals surface area contributed by atoms with Crippen molar-refractivity contribution in [3.05, 3.63) is 77.9 Å². The predicted molar refractivity (Wildman–Crippen MR) is 102 cm³/mol. The summed E-state index contributed by atoms with van der Waals surface area (Å²) in [5, 5.41) is 0. The lowest BCUT2D eigenvalue weighted by Crippen LogP contribution is -2.33. The quantitative estimate of drug-likeness (QED) is 0.544. The van der Waals surface area contributed by atoms with Gasteiger partial charge in [0, 0.05) is 30.8 Å². The largest absolute Gasteiger partial charge is 0.458 e. The van der Waals surface area contributed by atoms with Crippen molar-refractivity contribution >= 4 is 11.9 Å². The fourth-order valence-corrected chi connectivity index (χ4v) is 3.01. The molecular formula is C21H24N2O4. The lowest BCUT2D eigenvalue weighted by molar-refractivity contribution is -0.139. The van der Waals surface area contributed by atoms with Crippen LogP contribution in [0.2, 0.25) is 0 Å². The zero-order valence-corrected chi connectivity index (χ0v) is 15.9. The molecule has 0 saturated carbocycles. The third-order valence-electron chi connectivity index (χ3n) is 4.49. The summed E-state index contributed by atoms with van der Waals surface area (Å²) in [7, 11) is 1.80. The van der Waals surface area contributed by atoms with Gasteiger partial charge in [0.2, 0.25) is 0 Å². The number of carbonyl (C=O) groups is 2. The molecule has 0 saturated heterocycles. The van der Waals surface area contributed by atoms with E-state index in [9.17, 15) is 9.59 Å². The summed E-state index contributed by atoms with van der Waals surface area (Å²) in [6.45, 7) is 11.0. The average molecular weight is 368 g/mol. The maximum Gasteiger partial charge on any atom is 0.337 e. The molecule has 0 radical (unpaired) electrons. The van der Waals surface area contributed by atoms with Crippen molar-refractivity contribution in [3.8, 4) is 0 Å². The molecule has 0 unspecified atom stereocenters. The van der Waals surface area contributed by atoms with Crippen LogP contribution in [0.3, 0.4) is 0 Å². The van der Waals surface area contributed by atoms with Crippen LogP contribution in [0.25, 0.3) is 0 Å². The molecule has 0 amide bonds. The summed E-state index contributed by atoms with van der Waals surface area (Å²) in [6, 6.07) is 3.59. The Hall–Kier alpha value is -3.15. The van der Waals surface area contributed by atoms with E-state index in [0.717, 1.165) is 0 Å². The molecule has 1 aromatic heterocycles. The Morgan fingerprint density at radius 1 is 1.11 bits per heavy atom. The fourth-order valence-electron chi connectivity index (χ4n) is 3.01. The van der Waals surface area contributed by atoms with E-state index in [0.29, 0.717) is 28.1 Å². The Morgan fingerprint density at radius 2 is 1.63 bits per heavy atom. The molecule has 0 atom stereocenters. The average Bonchev–Trinajstić information content (AvgIpc) is 2.68. The number of hydrogen-bond acceptors (Lipinski definition) is 6. The van der Waals surface area contributed by atoms with E-state index in [1.807, 2.05) is 19.9 Å². The van der Waals surface area contributed by atoms with Crippen molar-refractivity contribution in [2.24, 2.45) is 0 Å². The van der Waals surface area contributed by atoms with Crippen molar-refractivity contribution < 1.29 is 19.1 Å². The molecule has 0 aromatic carbocycles. The van der Waals surface area contributed by atoms with Crippen LogP contribution in [-0.4, -0.2) is 42.1 Å². The Labute approximate surface area is 159 Å². The lowest BCUT2D eigenvalue weighted by Gasteiger charge is -2.35. The van der Waals surface area contributed by atoms with Crippen LogP contribution in [0.15, 0.2) is 72.4 Å². The van der Waals surface area contributed by atoms with Gasteiger partial charge in [0.15, 0.2) is 0 Å². The molecule has 0 spiro atoms. The topological polar surface area (TPSA) is 68.7 Å². The number of pyridine rings is 1. The van der Waals surface area contributed by atoms with E-state index >= 15 is 0 Å². The third-order valence-corrected chi connectivity index (χ3v) is 4.49. The Bertz CT molecular complexity index is 761. The second-order valence-electron chi connectivity index (χ2n) is 6.05. The molecule has 0 aliphatic carbocycles. The lowest BCUT2D eigenvalue weighted by atomic mass is 9.80. The van der Waals surface area contributed by atoms with Crippen molar-refractivity contribution in [2.75, 3.05) is 20.3 Å². The number of allylic oxidation sites excluding steroid dienone is 2. The Kier molecular flexibility index (Phi) is 6.71. The Morgan fingerprint density at radius 3 is 2.04 bits per heavy atom. The highest BCUT2D eigenvalue weighted by Crippen LogP contribution is 2.41. The van der Waals surface area contributed by atoms with Crippen LogP contribution in [-0.2, 0) is 19.1 Å². The zero-order chi connectivity index (χ0) is 20.0. The summed E-state index contributed by atoms with van der Waals surface area (Å²) in [5.74, 6) is -1.64. The molecule has 1 aliphatic heterocycles. The molecule has 142 valence electrons. The van der Waals surface area contributed by atoms with Gasteiger partial charge < -0.3 is 14.4 Å². The maximum absolute atomic E-state index is 12.8. The van der Waals surface area contributed by atoms with Crippen LogP contribution in [0.5, 0.6) is 0 Å². The van der Waals surface area contributed by atoms with Gasteiger partial charge in [-0.15, -0.1) is 0 Å². The summed E-state index contributed by atoms with van der Waals surface area (Å²) in [5.41, 5.74) is 2.87. The second kappa shape index (κ2) is 8.98. The van der Waals surface area contributed by atoms with Crippen molar-refractivity contribution in [1.82, 2.24) is 9.88 Å². The first-order valence-electron chi connectivity index (χ1n) is 8.55. The number of hydrogen-bond donors (Lipinski definition) is 0. The number of esters is 2. The van der Waals surface area contributed by atoms with Crippen LogP contribution in [0.1, 0.15) is 25.3 Å². The molecule has 0 N–H and O–H groups in total. The third kappa shape index (κ3) is 4.16. The monoisotopic (exact) mass is 368 g/mol. The normalized spacial score (nSPS) is 14.9. The fraction of sp³-hybridized carbons (Fsp3) is 0.286. The highest BCUT2D eigenvalue weighted by atomic mass is 16.5. The molecule has 1 aliphatic rings. The number of aromatic nitrogens is 1. The summed E-state index contributed by atoms with van der Waals surface area (Å²) in [4.78, 5) is 31.6. The summed E-state index contributed by atoms with van der Waals surface area (Å²) >= 11 is 0. The second-order valence-corrected chi connectivity index (χ2v) is 6.05. The first kappa shape index (κ1) is 20.2. The van der Waals surface area contributed by atoms with E-state index in [4.69, 9.17) is 9.47 Å². The first-order valence-corrected chi connectivity index (χ1v) is 8.55. The number of ether oxygens (including phenoxy) is 2. The highest BCUT2D eigenvalue weighted by molar-refractivity contribution is 5.99. The van der Waals surface area contributed by atoms with E-state index in [1.165, 1.54) is 12.2 Å². The Balaban J connectivity index is 2.62. The van der Waals surface area contributed by atoms with E-state index in [1.54, 1.807) is 30.4 Å². The standard InChI is InChI=1S/C21H24N2O4/c1-6-11-26-20(24)17-14(3)23(5)15(4)18(21(25)27-12-7-2)19(17)16-9-8-10-22-13-16/h6-10,13,19H,1-2,11-12H2,3-5H3. The number of nitrogens with zero attached hydrogens (tertiary/aromatic N) is 2. The van der Waals surface area contributed by atoms with Gasteiger partial charge in [-0.1, -0.05) is 31.4 Å². The van der Waals surface area contributed by atoms with Gasteiger partial charge in [-0.05, 0) is 25.5 Å². The zero-order valence-electron chi connectivity index (χ0n) is 15.9.